The van der Waals surface area contributed by atoms with Gasteiger partial charge in [-0.3, -0.25) is 9.20 Å². The lowest BCUT2D eigenvalue weighted by atomic mass is 10.3. The van der Waals surface area contributed by atoms with E-state index >= 15 is 0 Å². The van der Waals surface area contributed by atoms with E-state index in [9.17, 15) is 4.79 Å². The molecule has 0 radical (unpaired) electrons. The predicted molar refractivity (Wildman–Crippen MR) is 74.9 cm³/mol. The molecule has 1 saturated heterocycles. The number of anilines is 1. The summed E-state index contributed by atoms with van der Waals surface area (Å²) in [6.07, 6.45) is 1.76. The number of likely N-dealkylation sites (N-methyl/N-ethyl adjacent to an activating group) is 1. The Hall–Kier alpha value is -1.88. The normalized spacial score (nSPS) is 17.0. The lowest BCUT2D eigenvalue weighted by molar-refractivity contribution is -0.898. The third kappa shape index (κ3) is 2.33. The van der Waals surface area contributed by atoms with Gasteiger partial charge in [0.15, 0.2) is 0 Å². The van der Waals surface area contributed by atoms with Crippen LogP contribution < -0.4 is 15.4 Å². The van der Waals surface area contributed by atoms with E-state index in [1.54, 1.807) is 21.6 Å². The van der Waals surface area contributed by atoms with Crippen LogP contribution in [0.2, 0.25) is 0 Å². The molecule has 1 aliphatic heterocycles. The molecule has 0 amide bonds. The molecule has 19 heavy (non-hydrogen) atoms. The van der Waals surface area contributed by atoms with Crippen molar-refractivity contribution < 1.29 is 4.90 Å². The fraction of sp³-hybridized carbons (Fsp3) is 0.429. The summed E-state index contributed by atoms with van der Waals surface area (Å²) in [4.78, 5) is 20.5. The monoisotopic (exact) mass is 259 g/mol. The first-order valence-corrected chi connectivity index (χ1v) is 6.85. The minimum Gasteiger partial charge on any atom is -0.345 e. The number of fused-ring (bicyclic) bond motifs is 1. The molecule has 1 fully saturated rings. The predicted octanol–water partition coefficient (Wildman–Crippen LogP) is -0.581. The maximum atomic E-state index is 12.1. The van der Waals surface area contributed by atoms with Gasteiger partial charge in [-0.25, -0.2) is 4.98 Å². The van der Waals surface area contributed by atoms with Gasteiger partial charge in [-0.05, 0) is 19.1 Å². The van der Waals surface area contributed by atoms with Crippen LogP contribution >= 0.6 is 0 Å². The van der Waals surface area contributed by atoms with E-state index in [0.29, 0.717) is 0 Å². The van der Waals surface area contributed by atoms with Crippen molar-refractivity contribution in [1.29, 1.82) is 0 Å². The number of rotatable bonds is 2. The quantitative estimate of drug-likeness (QED) is 0.784. The number of hydrogen-bond donors (Lipinski definition) is 1. The second-order valence-electron chi connectivity index (χ2n) is 4.97. The van der Waals surface area contributed by atoms with E-state index in [1.165, 1.54) is 6.54 Å². The van der Waals surface area contributed by atoms with E-state index in [-0.39, 0.29) is 5.56 Å². The Morgan fingerprint density at radius 1 is 1.32 bits per heavy atom. The van der Waals surface area contributed by atoms with Gasteiger partial charge >= 0.3 is 0 Å². The molecule has 0 aromatic carbocycles. The van der Waals surface area contributed by atoms with Gasteiger partial charge in [0.1, 0.15) is 11.5 Å². The van der Waals surface area contributed by atoms with Gasteiger partial charge in [-0.15, -0.1) is 0 Å². The lowest BCUT2D eigenvalue weighted by Gasteiger charge is -2.32. The molecule has 0 atom stereocenters. The summed E-state index contributed by atoms with van der Waals surface area (Å²) in [5, 5.41) is 0. The number of aromatic nitrogens is 2. The zero-order chi connectivity index (χ0) is 13.2. The van der Waals surface area contributed by atoms with Crippen molar-refractivity contribution in [2.45, 2.75) is 6.92 Å². The molecule has 0 spiro atoms. The molecular weight excluding hydrogens is 240 g/mol. The highest BCUT2D eigenvalue weighted by molar-refractivity contribution is 5.48. The van der Waals surface area contributed by atoms with Crippen molar-refractivity contribution in [3.05, 3.63) is 40.8 Å². The van der Waals surface area contributed by atoms with Crippen LogP contribution in [0.4, 0.5) is 5.82 Å². The van der Waals surface area contributed by atoms with E-state index in [0.717, 1.165) is 37.6 Å². The maximum Gasteiger partial charge on any atom is 0.259 e. The van der Waals surface area contributed by atoms with E-state index < -0.39 is 0 Å². The van der Waals surface area contributed by atoms with Gasteiger partial charge in [0, 0.05) is 12.3 Å². The van der Waals surface area contributed by atoms with Crippen molar-refractivity contribution in [2.75, 3.05) is 37.6 Å². The second kappa shape index (κ2) is 5.01. The van der Waals surface area contributed by atoms with Crippen molar-refractivity contribution in [1.82, 2.24) is 9.38 Å². The zero-order valence-electron chi connectivity index (χ0n) is 11.2. The van der Waals surface area contributed by atoms with Crippen LogP contribution in [0.15, 0.2) is 35.3 Å². The first kappa shape index (κ1) is 12.2. The van der Waals surface area contributed by atoms with Crippen molar-refractivity contribution in [3.63, 3.8) is 0 Å². The van der Waals surface area contributed by atoms with Crippen molar-refractivity contribution in [3.8, 4) is 0 Å². The Labute approximate surface area is 112 Å². The maximum absolute atomic E-state index is 12.1. The fourth-order valence-corrected chi connectivity index (χ4v) is 2.61. The first-order valence-electron chi connectivity index (χ1n) is 6.85. The number of nitrogens with zero attached hydrogens (tertiary/aromatic N) is 3. The molecule has 1 N–H and O–H groups in total. The Morgan fingerprint density at radius 2 is 2.11 bits per heavy atom. The van der Waals surface area contributed by atoms with Crippen LogP contribution in [0.25, 0.3) is 5.65 Å². The summed E-state index contributed by atoms with van der Waals surface area (Å²) in [7, 11) is 0. The second-order valence-corrected chi connectivity index (χ2v) is 4.97. The van der Waals surface area contributed by atoms with Crippen LogP contribution in [-0.4, -0.2) is 42.1 Å². The van der Waals surface area contributed by atoms with E-state index in [2.05, 4.69) is 16.8 Å². The largest absolute Gasteiger partial charge is 0.345 e. The molecule has 0 aliphatic carbocycles. The summed E-state index contributed by atoms with van der Waals surface area (Å²) in [6, 6.07) is 7.27. The average molecular weight is 259 g/mol. The van der Waals surface area contributed by atoms with Crippen LogP contribution in [0, 0.1) is 0 Å². The number of pyridine rings is 1. The van der Waals surface area contributed by atoms with Crippen LogP contribution in [0.3, 0.4) is 0 Å². The molecule has 2 aromatic rings. The minimum absolute atomic E-state index is 0.00846. The fourth-order valence-electron chi connectivity index (χ4n) is 2.61. The number of nitrogens with one attached hydrogen (secondary N) is 1. The summed E-state index contributed by atoms with van der Waals surface area (Å²) in [5.41, 5.74) is 0.709. The molecule has 2 aromatic heterocycles. The molecule has 0 bridgehead atoms. The van der Waals surface area contributed by atoms with Crippen LogP contribution in [0.5, 0.6) is 0 Å². The highest BCUT2D eigenvalue weighted by Gasteiger charge is 2.20. The molecule has 5 nitrogen and oxygen atoms in total. The molecule has 3 rings (SSSR count). The molecule has 0 saturated carbocycles. The summed E-state index contributed by atoms with van der Waals surface area (Å²) in [5.74, 6) is 0.811. The Kier molecular flexibility index (Phi) is 3.21. The van der Waals surface area contributed by atoms with Gasteiger partial charge in [0.2, 0.25) is 0 Å². The summed E-state index contributed by atoms with van der Waals surface area (Å²) >= 11 is 0. The topological polar surface area (TPSA) is 42.0 Å². The third-order valence-corrected chi connectivity index (χ3v) is 3.85. The Morgan fingerprint density at radius 3 is 2.84 bits per heavy atom. The summed E-state index contributed by atoms with van der Waals surface area (Å²) < 4.78 is 1.58. The average Bonchev–Trinajstić information content (AvgIpc) is 2.47. The molecule has 100 valence electrons. The van der Waals surface area contributed by atoms with Gasteiger partial charge in [-0.1, -0.05) is 6.07 Å². The molecule has 0 unspecified atom stereocenters. The van der Waals surface area contributed by atoms with Gasteiger partial charge in [0.25, 0.3) is 5.56 Å². The molecular formula is C14H19N4O+. The molecule has 5 heteroatoms. The van der Waals surface area contributed by atoms with E-state index in [1.807, 2.05) is 18.2 Å². The van der Waals surface area contributed by atoms with Gasteiger partial charge < -0.3 is 9.80 Å². The SMILES string of the molecule is CC[NH+]1CCN(c2cc(=O)n3ccccc3n2)CC1. The highest BCUT2D eigenvalue weighted by atomic mass is 16.1. The standard InChI is InChI=1S/C14H18N4O/c1-2-16-7-9-17(10-8-16)13-11-14(19)18-6-4-3-5-12(18)15-13/h3-6,11H,2,7-10H2,1H3/p+1. The number of quaternary nitrogens is 1. The van der Waals surface area contributed by atoms with Gasteiger partial charge in [0.05, 0.1) is 32.7 Å². The third-order valence-electron chi connectivity index (χ3n) is 3.85. The zero-order valence-corrected chi connectivity index (χ0v) is 11.2. The smallest absolute Gasteiger partial charge is 0.259 e. The van der Waals surface area contributed by atoms with Crippen molar-refractivity contribution in [2.24, 2.45) is 0 Å². The molecule has 1 aliphatic rings. The Bertz CT molecular complexity index is 629. The van der Waals surface area contributed by atoms with Crippen LogP contribution in [-0.2, 0) is 0 Å². The summed E-state index contributed by atoms with van der Waals surface area (Å²) in [6.45, 7) is 7.56. The van der Waals surface area contributed by atoms with Crippen LogP contribution in [0.1, 0.15) is 6.92 Å². The number of hydrogen-bond acceptors (Lipinski definition) is 3. The number of piperazine rings is 1. The van der Waals surface area contributed by atoms with Crippen molar-refractivity contribution >= 4 is 11.5 Å². The minimum atomic E-state index is -0.00846. The van der Waals surface area contributed by atoms with Gasteiger partial charge in [-0.2, -0.15) is 0 Å². The lowest BCUT2D eigenvalue weighted by Crippen LogP contribution is -3.14. The Balaban J connectivity index is 1.92. The first-order chi connectivity index (χ1) is 9.28. The molecule has 3 heterocycles. The van der Waals surface area contributed by atoms with E-state index in [4.69, 9.17) is 0 Å². The highest BCUT2D eigenvalue weighted by Crippen LogP contribution is 2.09.